The number of aromatic carboxylic acids is 1. The first-order valence-corrected chi connectivity index (χ1v) is 14.6. The number of hydrogen-bond acceptors (Lipinski definition) is 7. The van der Waals surface area contributed by atoms with Crippen LogP contribution in [0.25, 0.3) is 10.2 Å². The molecule has 194 valence electrons. The SMILES string of the molecule is O=C(O)c1cc(F)c2nc(N3C4CC[C@H]3CC(OCc3c(C5C6CCCC65)noc3C3CC3)C4)sc2c1. The number of nitrogens with zero attached hydrogens (tertiary/aromatic N) is 3. The summed E-state index contributed by atoms with van der Waals surface area (Å²) in [5.41, 5.74) is 2.66. The maximum Gasteiger partial charge on any atom is 0.335 e. The molecular formula is C28H30FN3O4S. The Morgan fingerprint density at radius 1 is 1.14 bits per heavy atom. The smallest absolute Gasteiger partial charge is 0.335 e. The van der Waals surface area contributed by atoms with Gasteiger partial charge in [0.1, 0.15) is 11.3 Å². The summed E-state index contributed by atoms with van der Waals surface area (Å²) in [7, 11) is 0. The molecule has 5 aliphatic rings. The fourth-order valence-corrected chi connectivity index (χ4v) is 8.79. The van der Waals surface area contributed by atoms with Gasteiger partial charge in [0.25, 0.3) is 0 Å². The van der Waals surface area contributed by atoms with Gasteiger partial charge < -0.3 is 19.3 Å². The number of anilines is 1. The van der Waals surface area contributed by atoms with E-state index in [1.807, 2.05) is 0 Å². The number of aromatic nitrogens is 2. The maximum absolute atomic E-state index is 14.6. The highest BCUT2D eigenvalue weighted by atomic mass is 32.1. The Morgan fingerprint density at radius 3 is 2.59 bits per heavy atom. The lowest BCUT2D eigenvalue weighted by Crippen LogP contribution is -2.45. The summed E-state index contributed by atoms with van der Waals surface area (Å²) >= 11 is 1.39. The van der Waals surface area contributed by atoms with Gasteiger partial charge in [0, 0.05) is 29.5 Å². The van der Waals surface area contributed by atoms with Gasteiger partial charge in [-0.25, -0.2) is 14.2 Å². The quantitative estimate of drug-likeness (QED) is 0.393. The first-order chi connectivity index (χ1) is 18.0. The lowest BCUT2D eigenvalue weighted by Gasteiger charge is -2.38. The van der Waals surface area contributed by atoms with E-state index in [0.29, 0.717) is 35.2 Å². The molecule has 0 spiro atoms. The molecule has 1 aromatic carbocycles. The van der Waals surface area contributed by atoms with Crippen molar-refractivity contribution in [1.82, 2.24) is 10.1 Å². The Balaban J connectivity index is 0.994. The first-order valence-electron chi connectivity index (χ1n) is 13.8. The third kappa shape index (κ3) is 3.64. The predicted octanol–water partition coefficient (Wildman–Crippen LogP) is 6.23. The molecule has 37 heavy (non-hydrogen) atoms. The molecule has 0 amide bonds. The third-order valence-corrected chi connectivity index (χ3v) is 10.6. The Morgan fingerprint density at radius 2 is 1.89 bits per heavy atom. The number of carboxylic acid groups (broad SMARTS) is 1. The number of thiazole rings is 1. The average Bonchev–Trinajstić information content (AvgIpc) is 3.58. The van der Waals surface area contributed by atoms with Gasteiger partial charge in [-0.1, -0.05) is 22.9 Å². The average molecular weight is 524 g/mol. The molecule has 5 atom stereocenters. The number of halogens is 1. The van der Waals surface area contributed by atoms with Crippen molar-refractivity contribution in [3.63, 3.8) is 0 Å². The number of benzene rings is 1. The van der Waals surface area contributed by atoms with Crippen LogP contribution in [0.1, 0.15) is 97.0 Å². The fraction of sp³-hybridized carbons (Fsp3) is 0.607. The molecule has 7 nitrogen and oxygen atoms in total. The van der Waals surface area contributed by atoms with E-state index in [4.69, 9.17) is 9.26 Å². The minimum absolute atomic E-state index is 0.0382. The van der Waals surface area contributed by atoms with Crippen molar-refractivity contribution in [1.29, 1.82) is 0 Å². The molecule has 4 heterocycles. The van der Waals surface area contributed by atoms with E-state index in [0.717, 1.165) is 54.5 Å². The molecule has 3 aliphatic carbocycles. The second-order valence-electron chi connectivity index (χ2n) is 11.8. The lowest BCUT2D eigenvalue weighted by atomic mass is 9.99. The molecule has 0 radical (unpaired) electrons. The molecule has 2 aliphatic heterocycles. The minimum Gasteiger partial charge on any atom is -0.478 e. The van der Waals surface area contributed by atoms with Crippen LogP contribution in [-0.2, 0) is 11.3 Å². The molecule has 5 fully saturated rings. The summed E-state index contributed by atoms with van der Waals surface area (Å²) in [5, 5.41) is 14.7. The van der Waals surface area contributed by atoms with Gasteiger partial charge in [0.2, 0.25) is 0 Å². The standard InChI is InChI=1S/C28H30FN3O4S/c29-21-8-14(27(33)34)9-22-25(21)30-28(37-22)32-15-6-7-16(32)11-17(10-15)35-12-20-24(23-18-2-1-3-19(18)23)31-36-26(20)13-4-5-13/h8-9,13,15-19,23H,1-7,10-12H2,(H,33,34)/t15-,16?,17?,18?,19?,23?/m0/s1. The fourth-order valence-electron chi connectivity index (χ4n) is 7.62. The summed E-state index contributed by atoms with van der Waals surface area (Å²) in [5.74, 6) is 2.11. The molecule has 2 aromatic heterocycles. The Labute approximate surface area is 218 Å². The van der Waals surface area contributed by atoms with Gasteiger partial charge in [-0.15, -0.1) is 0 Å². The summed E-state index contributed by atoms with van der Waals surface area (Å²) in [6.07, 6.45) is 10.6. The van der Waals surface area contributed by atoms with Crippen molar-refractivity contribution in [2.45, 2.75) is 94.4 Å². The topological polar surface area (TPSA) is 88.7 Å². The monoisotopic (exact) mass is 523 g/mol. The van der Waals surface area contributed by atoms with Crippen molar-refractivity contribution in [3.05, 3.63) is 40.5 Å². The number of carboxylic acids is 1. The van der Waals surface area contributed by atoms with Crippen molar-refractivity contribution in [2.75, 3.05) is 4.90 Å². The molecule has 2 saturated heterocycles. The van der Waals surface area contributed by atoms with Crippen LogP contribution in [0, 0.1) is 17.7 Å². The largest absolute Gasteiger partial charge is 0.478 e. The van der Waals surface area contributed by atoms with E-state index in [1.54, 1.807) is 0 Å². The van der Waals surface area contributed by atoms with Crippen LogP contribution in [0.2, 0.25) is 0 Å². The van der Waals surface area contributed by atoms with Crippen molar-refractivity contribution < 1.29 is 23.6 Å². The van der Waals surface area contributed by atoms with Crippen molar-refractivity contribution in [3.8, 4) is 0 Å². The number of hydrogen-bond donors (Lipinski definition) is 1. The van der Waals surface area contributed by atoms with Crippen molar-refractivity contribution >= 4 is 32.7 Å². The zero-order valence-corrected chi connectivity index (χ0v) is 21.4. The van der Waals surface area contributed by atoms with E-state index in [9.17, 15) is 14.3 Å². The van der Waals surface area contributed by atoms with Crippen LogP contribution in [0.4, 0.5) is 9.52 Å². The predicted molar refractivity (Wildman–Crippen MR) is 136 cm³/mol. The molecular weight excluding hydrogens is 493 g/mol. The van der Waals surface area contributed by atoms with E-state index in [2.05, 4.69) is 15.0 Å². The zero-order chi connectivity index (χ0) is 24.8. The van der Waals surface area contributed by atoms with Crippen LogP contribution in [0.5, 0.6) is 0 Å². The summed E-state index contributed by atoms with van der Waals surface area (Å²) in [4.78, 5) is 18.3. The molecule has 4 unspecified atom stereocenters. The third-order valence-electron chi connectivity index (χ3n) is 9.58. The number of piperidine rings is 1. The number of ether oxygens (including phenoxy) is 1. The van der Waals surface area contributed by atoms with Gasteiger partial charge in [0.15, 0.2) is 10.9 Å². The highest BCUT2D eigenvalue weighted by molar-refractivity contribution is 7.22. The van der Waals surface area contributed by atoms with Crippen LogP contribution >= 0.6 is 11.3 Å². The highest BCUT2D eigenvalue weighted by Crippen LogP contribution is 2.64. The van der Waals surface area contributed by atoms with E-state index >= 15 is 0 Å². The number of rotatable bonds is 7. The molecule has 3 saturated carbocycles. The highest BCUT2D eigenvalue weighted by Gasteiger charge is 2.56. The maximum atomic E-state index is 14.6. The molecule has 8 rings (SSSR count). The minimum atomic E-state index is -1.13. The van der Waals surface area contributed by atoms with Crippen LogP contribution in [0.3, 0.4) is 0 Å². The van der Waals surface area contributed by atoms with Gasteiger partial charge in [0.05, 0.1) is 28.7 Å². The zero-order valence-electron chi connectivity index (χ0n) is 20.6. The molecule has 9 heteroatoms. The summed E-state index contributed by atoms with van der Waals surface area (Å²) < 4.78 is 27.7. The van der Waals surface area contributed by atoms with Gasteiger partial charge in [-0.05, 0) is 75.3 Å². The van der Waals surface area contributed by atoms with Crippen LogP contribution < -0.4 is 4.90 Å². The van der Waals surface area contributed by atoms with Gasteiger partial charge in [-0.2, -0.15) is 0 Å². The van der Waals surface area contributed by atoms with E-state index < -0.39 is 11.8 Å². The van der Waals surface area contributed by atoms with E-state index in [-0.39, 0.29) is 17.2 Å². The van der Waals surface area contributed by atoms with Crippen LogP contribution in [0.15, 0.2) is 16.7 Å². The molecule has 3 aromatic rings. The Kier molecular flexibility index (Phi) is 5.00. The molecule has 2 bridgehead atoms. The van der Waals surface area contributed by atoms with Crippen LogP contribution in [-0.4, -0.2) is 39.4 Å². The summed E-state index contributed by atoms with van der Waals surface area (Å²) in [6.45, 7) is 0.592. The lowest BCUT2D eigenvalue weighted by molar-refractivity contribution is 0.0142. The normalized spacial score (nSPS) is 32.3. The second-order valence-corrected chi connectivity index (χ2v) is 12.8. The van der Waals surface area contributed by atoms with Gasteiger partial charge >= 0.3 is 5.97 Å². The Bertz CT molecular complexity index is 1380. The Hall–Kier alpha value is -2.52. The first kappa shape index (κ1) is 22.5. The van der Waals surface area contributed by atoms with E-state index in [1.165, 1.54) is 60.8 Å². The number of fused-ring (bicyclic) bond motifs is 4. The summed E-state index contributed by atoms with van der Waals surface area (Å²) in [6, 6.07) is 3.20. The van der Waals surface area contributed by atoms with Gasteiger partial charge in [-0.3, -0.25) is 0 Å². The number of carbonyl (C=O) groups is 1. The van der Waals surface area contributed by atoms with Crippen molar-refractivity contribution in [2.24, 2.45) is 11.8 Å². The second kappa shape index (κ2) is 8.24. The molecule has 1 N–H and O–H groups in total.